The van der Waals surface area contributed by atoms with Gasteiger partial charge < -0.3 is 5.32 Å². The molecule has 0 saturated carbocycles. The molecule has 0 aliphatic heterocycles. The summed E-state index contributed by atoms with van der Waals surface area (Å²) in [5.74, 6) is -0.229. The average molecular weight is 271 g/mol. The zero-order chi connectivity index (χ0) is 13.8. The van der Waals surface area contributed by atoms with Crippen LogP contribution in [-0.4, -0.2) is 10.9 Å². The number of rotatable bonds is 3. The van der Waals surface area contributed by atoms with Crippen LogP contribution in [0.3, 0.4) is 0 Å². The van der Waals surface area contributed by atoms with E-state index in [9.17, 15) is 4.79 Å². The Hall–Kier alpha value is -2.19. The highest BCUT2D eigenvalue weighted by molar-refractivity contribution is 7.12. The highest BCUT2D eigenvalue weighted by Crippen LogP contribution is 2.20. The van der Waals surface area contributed by atoms with Gasteiger partial charge in [-0.2, -0.15) is 5.26 Å². The summed E-state index contributed by atoms with van der Waals surface area (Å²) in [6, 6.07) is 7.18. The smallest absolute Gasteiger partial charge is 0.270 e. The van der Waals surface area contributed by atoms with E-state index in [-0.39, 0.29) is 5.91 Å². The van der Waals surface area contributed by atoms with Gasteiger partial charge in [0.2, 0.25) is 0 Å². The van der Waals surface area contributed by atoms with Gasteiger partial charge in [-0.25, -0.2) is 4.98 Å². The number of nitrogens with one attached hydrogen (secondary N) is 1. The minimum Gasteiger partial charge on any atom is -0.346 e. The molecule has 0 atom stereocenters. The van der Waals surface area contributed by atoms with Gasteiger partial charge in [-0.05, 0) is 37.6 Å². The van der Waals surface area contributed by atoms with Crippen LogP contribution in [0, 0.1) is 25.2 Å². The third-order valence-corrected chi connectivity index (χ3v) is 3.92. The van der Waals surface area contributed by atoms with E-state index in [1.54, 1.807) is 23.5 Å². The van der Waals surface area contributed by atoms with Crippen molar-refractivity contribution in [3.05, 3.63) is 51.0 Å². The number of thiophene rings is 1. The molecule has 0 radical (unpaired) electrons. The number of pyridine rings is 1. The number of nitriles is 1. The van der Waals surface area contributed by atoms with Gasteiger partial charge in [0.15, 0.2) is 0 Å². The summed E-state index contributed by atoms with van der Waals surface area (Å²) >= 11 is 1.68. The number of aromatic nitrogens is 1. The van der Waals surface area contributed by atoms with E-state index in [4.69, 9.17) is 5.26 Å². The molecule has 0 unspecified atom stereocenters. The predicted octanol–water partition coefficient (Wildman–Crippen LogP) is 2.56. The Morgan fingerprint density at radius 2 is 2.26 bits per heavy atom. The maximum absolute atomic E-state index is 11.9. The molecule has 2 heterocycles. The van der Waals surface area contributed by atoms with Crippen molar-refractivity contribution in [3.63, 3.8) is 0 Å². The topological polar surface area (TPSA) is 65.8 Å². The van der Waals surface area contributed by atoms with Crippen LogP contribution in [0.15, 0.2) is 24.4 Å². The molecule has 0 spiro atoms. The van der Waals surface area contributed by atoms with Gasteiger partial charge in [-0.3, -0.25) is 4.79 Å². The first-order chi connectivity index (χ1) is 9.10. The second kappa shape index (κ2) is 5.63. The van der Waals surface area contributed by atoms with E-state index in [1.807, 2.05) is 6.07 Å². The van der Waals surface area contributed by atoms with Crippen LogP contribution in [0.5, 0.6) is 0 Å². The summed E-state index contributed by atoms with van der Waals surface area (Å²) in [4.78, 5) is 18.2. The van der Waals surface area contributed by atoms with Crippen molar-refractivity contribution in [3.8, 4) is 6.07 Å². The molecule has 0 aliphatic rings. The summed E-state index contributed by atoms with van der Waals surface area (Å²) in [7, 11) is 0. The molecule has 5 heteroatoms. The Bertz CT molecular complexity index is 618. The van der Waals surface area contributed by atoms with Gasteiger partial charge in [0.1, 0.15) is 11.8 Å². The fourth-order valence-electron chi connectivity index (χ4n) is 1.59. The van der Waals surface area contributed by atoms with Crippen LogP contribution >= 0.6 is 11.3 Å². The molecule has 0 bridgehead atoms. The first kappa shape index (κ1) is 13.2. The van der Waals surface area contributed by atoms with Gasteiger partial charge in [-0.1, -0.05) is 0 Å². The Labute approximate surface area is 115 Å². The summed E-state index contributed by atoms with van der Waals surface area (Å²) in [6.07, 6.45) is 1.40. The molecule has 0 saturated heterocycles. The third kappa shape index (κ3) is 3.18. The molecular weight excluding hydrogens is 258 g/mol. The lowest BCUT2D eigenvalue weighted by atomic mass is 10.2. The monoisotopic (exact) mass is 271 g/mol. The van der Waals surface area contributed by atoms with E-state index in [0.717, 1.165) is 4.88 Å². The number of aryl methyl sites for hydroxylation is 2. The number of nitrogens with zero attached hydrogens (tertiary/aromatic N) is 2. The number of hydrogen-bond donors (Lipinski definition) is 1. The lowest BCUT2D eigenvalue weighted by Crippen LogP contribution is -2.23. The van der Waals surface area contributed by atoms with E-state index >= 15 is 0 Å². The van der Waals surface area contributed by atoms with Crippen LogP contribution < -0.4 is 5.32 Å². The fraction of sp³-hybridized carbons (Fsp3) is 0.214. The maximum atomic E-state index is 11.9. The van der Waals surface area contributed by atoms with E-state index in [2.05, 4.69) is 30.2 Å². The van der Waals surface area contributed by atoms with Crippen molar-refractivity contribution in [1.82, 2.24) is 10.3 Å². The number of hydrogen-bond acceptors (Lipinski definition) is 4. The summed E-state index contributed by atoms with van der Waals surface area (Å²) < 4.78 is 0. The Balaban J connectivity index is 1.99. The van der Waals surface area contributed by atoms with Gasteiger partial charge in [0, 0.05) is 16.0 Å². The Morgan fingerprint density at radius 1 is 1.47 bits per heavy atom. The van der Waals surface area contributed by atoms with Crippen LogP contribution in [0.25, 0.3) is 0 Å². The lowest BCUT2D eigenvalue weighted by molar-refractivity contribution is 0.0946. The largest absolute Gasteiger partial charge is 0.346 e. The van der Waals surface area contributed by atoms with E-state index in [0.29, 0.717) is 17.8 Å². The quantitative estimate of drug-likeness (QED) is 0.933. The van der Waals surface area contributed by atoms with Gasteiger partial charge in [0.05, 0.1) is 12.1 Å². The van der Waals surface area contributed by atoms with Crippen molar-refractivity contribution in [2.75, 3.05) is 0 Å². The minimum atomic E-state index is -0.229. The highest BCUT2D eigenvalue weighted by Gasteiger charge is 2.08. The minimum absolute atomic E-state index is 0.229. The second-order valence-corrected chi connectivity index (χ2v) is 5.52. The lowest BCUT2D eigenvalue weighted by Gasteiger charge is -2.02. The third-order valence-electron chi connectivity index (χ3n) is 2.77. The molecule has 0 aromatic carbocycles. The van der Waals surface area contributed by atoms with Gasteiger partial charge >= 0.3 is 0 Å². The molecule has 2 aromatic heterocycles. The van der Waals surface area contributed by atoms with Crippen molar-refractivity contribution in [2.45, 2.75) is 20.4 Å². The zero-order valence-corrected chi connectivity index (χ0v) is 11.5. The number of carbonyl (C=O) groups excluding carboxylic acids is 1. The molecular formula is C14H13N3OS. The average Bonchev–Trinajstić information content (AvgIpc) is 2.75. The summed E-state index contributed by atoms with van der Waals surface area (Å²) in [5.41, 5.74) is 2.01. The van der Waals surface area contributed by atoms with Gasteiger partial charge in [0.25, 0.3) is 5.91 Å². The van der Waals surface area contributed by atoms with Crippen molar-refractivity contribution in [2.24, 2.45) is 0 Å². The highest BCUT2D eigenvalue weighted by atomic mass is 32.1. The molecule has 1 N–H and O–H groups in total. The Morgan fingerprint density at radius 3 is 2.79 bits per heavy atom. The number of carbonyl (C=O) groups is 1. The van der Waals surface area contributed by atoms with Crippen LogP contribution in [-0.2, 0) is 6.54 Å². The normalized spacial score (nSPS) is 9.95. The molecule has 0 fully saturated rings. The fourth-order valence-corrected chi connectivity index (χ4v) is 2.58. The van der Waals surface area contributed by atoms with Gasteiger partial charge in [-0.15, -0.1) is 11.3 Å². The van der Waals surface area contributed by atoms with Crippen molar-refractivity contribution < 1.29 is 4.79 Å². The Kier molecular flexibility index (Phi) is 3.93. The zero-order valence-electron chi connectivity index (χ0n) is 10.7. The molecule has 2 aromatic rings. The van der Waals surface area contributed by atoms with E-state index < -0.39 is 0 Å². The van der Waals surface area contributed by atoms with Crippen molar-refractivity contribution >= 4 is 17.2 Å². The van der Waals surface area contributed by atoms with E-state index in [1.165, 1.54) is 16.6 Å². The second-order valence-electron chi connectivity index (χ2n) is 4.18. The molecule has 4 nitrogen and oxygen atoms in total. The number of amides is 1. The first-order valence-corrected chi connectivity index (χ1v) is 6.62. The summed E-state index contributed by atoms with van der Waals surface area (Å²) in [5, 5.41) is 11.5. The molecule has 19 heavy (non-hydrogen) atoms. The SMILES string of the molecule is Cc1cc(CNC(=O)c2ccc(C#N)cn2)sc1C. The molecule has 1 amide bonds. The standard InChI is InChI=1S/C14H13N3OS/c1-9-5-12(19-10(9)2)8-17-14(18)13-4-3-11(6-15)7-16-13/h3-5,7H,8H2,1-2H3,(H,17,18). The van der Waals surface area contributed by atoms with Crippen molar-refractivity contribution in [1.29, 1.82) is 5.26 Å². The first-order valence-electron chi connectivity index (χ1n) is 5.80. The molecule has 2 rings (SSSR count). The maximum Gasteiger partial charge on any atom is 0.270 e. The predicted molar refractivity (Wildman–Crippen MR) is 73.9 cm³/mol. The molecule has 96 valence electrons. The van der Waals surface area contributed by atoms with Crippen LogP contribution in [0.4, 0.5) is 0 Å². The molecule has 0 aliphatic carbocycles. The summed E-state index contributed by atoms with van der Waals surface area (Å²) in [6.45, 7) is 4.62. The van der Waals surface area contributed by atoms with Crippen LogP contribution in [0.2, 0.25) is 0 Å². The van der Waals surface area contributed by atoms with Crippen LogP contribution in [0.1, 0.15) is 31.4 Å².